The molecule has 1 unspecified atom stereocenters. The maximum atomic E-state index is 12.5. The zero-order valence-corrected chi connectivity index (χ0v) is 13.7. The Morgan fingerprint density at radius 2 is 1.78 bits per heavy atom. The molecule has 0 fully saturated rings. The molecule has 0 heterocycles. The molecule has 0 saturated carbocycles. The average molecular weight is 355 g/mol. The Morgan fingerprint density at radius 3 is 2.22 bits per heavy atom. The second-order valence-corrected chi connectivity index (χ2v) is 6.88. The van der Waals surface area contributed by atoms with Crippen molar-refractivity contribution in [3.8, 4) is 5.75 Å². The quantitative estimate of drug-likeness (QED) is 0.779. The predicted octanol–water partition coefficient (Wildman–Crippen LogP) is 2.76. The number of ether oxygens (including phenoxy) is 1. The number of alkyl halides is 3. The molecule has 1 atom stereocenters. The van der Waals surface area contributed by atoms with Gasteiger partial charge >= 0.3 is 6.36 Å². The van der Waals surface area contributed by atoms with E-state index in [4.69, 9.17) is 0 Å². The number of nitrogens with zero attached hydrogens (tertiary/aromatic N) is 1. The smallest absolute Gasteiger partial charge is 0.406 e. The lowest BCUT2D eigenvalue weighted by Crippen LogP contribution is -2.37. The molecule has 0 bridgehead atoms. The maximum absolute atomic E-state index is 12.5. The van der Waals surface area contributed by atoms with E-state index in [1.165, 1.54) is 0 Å². The first-order chi connectivity index (χ1) is 10.6. The minimum atomic E-state index is -4.83. The second-order valence-electron chi connectivity index (χ2n) is 4.94. The van der Waals surface area contributed by atoms with Crippen LogP contribution in [0.4, 0.5) is 13.2 Å². The zero-order valence-electron chi connectivity index (χ0n) is 12.9. The fraction of sp³-hybridized carbons (Fsp3) is 0.571. The van der Waals surface area contributed by atoms with E-state index >= 15 is 0 Å². The lowest BCUT2D eigenvalue weighted by atomic mass is 10.3. The first kappa shape index (κ1) is 19.7. The van der Waals surface area contributed by atoms with Crippen LogP contribution in [0.3, 0.4) is 0 Å². The molecule has 1 N–H and O–H groups in total. The van der Waals surface area contributed by atoms with Crippen molar-refractivity contribution in [1.29, 1.82) is 0 Å². The van der Waals surface area contributed by atoms with Gasteiger partial charge in [0.05, 0.1) is 11.0 Å². The van der Waals surface area contributed by atoms with E-state index in [2.05, 4.69) is 4.74 Å². The summed E-state index contributed by atoms with van der Waals surface area (Å²) in [6, 6.07) is 4.00. The molecule has 5 nitrogen and oxygen atoms in total. The fourth-order valence-corrected chi connectivity index (χ4v) is 3.45. The number of rotatable bonds is 8. The molecule has 1 rings (SSSR count). The highest BCUT2D eigenvalue weighted by atomic mass is 32.2. The topological polar surface area (TPSA) is 66.8 Å². The summed E-state index contributed by atoms with van der Waals surface area (Å²) in [6.45, 7) is 3.67. The summed E-state index contributed by atoms with van der Waals surface area (Å²) in [6.07, 6.45) is -4.69. The summed E-state index contributed by atoms with van der Waals surface area (Å²) in [5.41, 5.74) is 0. The molecule has 0 amide bonds. The number of aliphatic hydroxyl groups excluding tert-OH is 1. The largest absolute Gasteiger partial charge is 0.573 e. The molecule has 23 heavy (non-hydrogen) atoms. The summed E-state index contributed by atoms with van der Waals surface area (Å²) in [7, 11) is -3.89. The minimum Gasteiger partial charge on any atom is -0.406 e. The highest BCUT2D eigenvalue weighted by Crippen LogP contribution is 2.25. The summed E-state index contributed by atoms with van der Waals surface area (Å²) < 4.78 is 66.2. The molecule has 0 aromatic heterocycles. The highest BCUT2D eigenvalue weighted by molar-refractivity contribution is 7.89. The molecular weight excluding hydrogens is 335 g/mol. The normalized spacial score (nSPS) is 14.0. The van der Waals surface area contributed by atoms with Gasteiger partial charge in [0.25, 0.3) is 0 Å². The van der Waals surface area contributed by atoms with Crippen molar-refractivity contribution in [2.24, 2.45) is 0 Å². The van der Waals surface area contributed by atoms with Gasteiger partial charge < -0.3 is 9.84 Å². The third-order valence-electron chi connectivity index (χ3n) is 3.05. The summed E-state index contributed by atoms with van der Waals surface area (Å²) in [5.74, 6) is -0.493. The average Bonchev–Trinajstić information content (AvgIpc) is 2.45. The molecule has 132 valence electrons. The van der Waals surface area contributed by atoms with Crippen molar-refractivity contribution in [1.82, 2.24) is 4.31 Å². The van der Waals surface area contributed by atoms with E-state index in [0.717, 1.165) is 28.6 Å². The van der Waals surface area contributed by atoms with Crippen LogP contribution in [0.15, 0.2) is 29.2 Å². The monoisotopic (exact) mass is 355 g/mol. The number of hydrogen-bond acceptors (Lipinski definition) is 4. The van der Waals surface area contributed by atoms with Gasteiger partial charge in [-0.3, -0.25) is 0 Å². The Hall–Kier alpha value is -1.32. The Morgan fingerprint density at radius 1 is 1.22 bits per heavy atom. The van der Waals surface area contributed by atoms with Crippen molar-refractivity contribution in [2.75, 3.05) is 13.1 Å². The highest BCUT2D eigenvalue weighted by Gasteiger charge is 2.31. The van der Waals surface area contributed by atoms with Crippen molar-refractivity contribution >= 4 is 10.0 Å². The van der Waals surface area contributed by atoms with Crippen molar-refractivity contribution in [3.05, 3.63) is 24.3 Å². The molecular formula is C14H20F3NO4S. The maximum Gasteiger partial charge on any atom is 0.573 e. The van der Waals surface area contributed by atoms with Gasteiger partial charge in [0.1, 0.15) is 5.75 Å². The molecule has 0 aliphatic rings. The standard InChI is InChI=1S/C14H20F3NO4S/c1-3-9-18(10-11(19)4-2)23(20,21)13-7-5-12(6-8-13)22-14(15,16)17/h5-8,11,19H,3-4,9-10H2,1-2H3. The van der Waals surface area contributed by atoms with Gasteiger partial charge in [-0.2, -0.15) is 4.31 Å². The van der Waals surface area contributed by atoms with Crippen molar-refractivity contribution in [3.63, 3.8) is 0 Å². The van der Waals surface area contributed by atoms with Crippen LogP contribution in [0.5, 0.6) is 5.75 Å². The Balaban J connectivity index is 3.00. The predicted molar refractivity (Wildman–Crippen MR) is 78.5 cm³/mol. The van der Waals surface area contributed by atoms with Gasteiger partial charge in [0, 0.05) is 13.1 Å². The van der Waals surface area contributed by atoms with E-state index in [9.17, 15) is 26.7 Å². The Bertz CT molecular complexity index is 587. The van der Waals surface area contributed by atoms with Gasteiger partial charge in [-0.15, -0.1) is 13.2 Å². The molecule has 0 aliphatic carbocycles. The number of aliphatic hydroxyl groups is 1. The number of halogens is 3. The number of hydrogen-bond donors (Lipinski definition) is 1. The number of benzene rings is 1. The molecule has 1 aromatic rings. The summed E-state index contributed by atoms with van der Waals surface area (Å²) in [5, 5.41) is 9.69. The van der Waals surface area contributed by atoms with Crippen LogP contribution in [-0.2, 0) is 10.0 Å². The fourth-order valence-electron chi connectivity index (χ4n) is 1.89. The lowest BCUT2D eigenvalue weighted by Gasteiger charge is -2.24. The van der Waals surface area contributed by atoms with E-state index in [0.29, 0.717) is 12.8 Å². The Labute approximate surface area is 133 Å². The van der Waals surface area contributed by atoms with Crippen LogP contribution in [0.2, 0.25) is 0 Å². The first-order valence-electron chi connectivity index (χ1n) is 7.14. The van der Waals surface area contributed by atoms with Crippen molar-refractivity contribution in [2.45, 2.75) is 44.1 Å². The van der Waals surface area contributed by atoms with Gasteiger partial charge in [-0.05, 0) is 37.1 Å². The van der Waals surface area contributed by atoms with Gasteiger partial charge in [0.15, 0.2) is 0 Å². The van der Waals surface area contributed by atoms with E-state index in [-0.39, 0.29) is 18.0 Å². The van der Waals surface area contributed by atoms with Crippen molar-refractivity contribution < 1.29 is 31.4 Å². The van der Waals surface area contributed by atoms with E-state index in [1.807, 2.05) is 0 Å². The van der Waals surface area contributed by atoms with Gasteiger partial charge in [0.2, 0.25) is 10.0 Å². The van der Waals surface area contributed by atoms with E-state index < -0.39 is 28.2 Å². The third kappa shape index (κ3) is 6.00. The molecule has 0 saturated heterocycles. The van der Waals surface area contributed by atoms with Crippen LogP contribution >= 0.6 is 0 Å². The van der Waals surface area contributed by atoms with Gasteiger partial charge in [-0.1, -0.05) is 13.8 Å². The van der Waals surface area contributed by atoms with Gasteiger partial charge in [-0.25, -0.2) is 8.42 Å². The van der Waals surface area contributed by atoms with Crippen LogP contribution < -0.4 is 4.74 Å². The molecule has 0 radical (unpaired) electrons. The third-order valence-corrected chi connectivity index (χ3v) is 4.93. The summed E-state index contributed by atoms with van der Waals surface area (Å²) in [4.78, 5) is -0.149. The SMILES string of the molecule is CCCN(CC(O)CC)S(=O)(=O)c1ccc(OC(F)(F)F)cc1. The van der Waals surface area contributed by atoms with Crippen LogP contribution in [-0.4, -0.2) is 43.4 Å². The summed E-state index contributed by atoms with van der Waals surface area (Å²) >= 11 is 0. The first-order valence-corrected chi connectivity index (χ1v) is 8.58. The van der Waals surface area contributed by atoms with E-state index in [1.54, 1.807) is 13.8 Å². The number of sulfonamides is 1. The zero-order chi connectivity index (χ0) is 17.7. The molecule has 0 spiro atoms. The Kier molecular flexibility index (Phi) is 6.84. The lowest BCUT2D eigenvalue weighted by molar-refractivity contribution is -0.274. The van der Waals surface area contributed by atoms with Crippen LogP contribution in [0.1, 0.15) is 26.7 Å². The second kappa shape index (κ2) is 7.98. The minimum absolute atomic E-state index is 0.0620. The molecule has 0 aliphatic heterocycles. The molecule has 9 heteroatoms. The molecule has 1 aromatic carbocycles. The van der Waals surface area contributed by atoms with Crippen LogP contribution in [0.25, 0.3) is 0 Å². The van der Waals surface area contributed by atoms with Crippen LogP contribution in [0, 0.1) is 0 Å².